The third-order valence-corrected chi connectivity index (χ3v) is 3.12. The Labute approximate surface area is 120 Å². The average Bonchev–Trinajstić information content (AvgIpc) is 2.35. The van der Waals surface area contributed by atoms with Crippen LogP contribution in [0.25, 0.3) is 0 Å². The van der Waals surface area contributed by atoms with Crippen LogP contribution in [0.5, 0.6) is 0 Å². The normalized spacial score (nSPS) is 12.3. The number of halogens is 1. The number of nitrogens with zero attached hydrogens (tertiary/aromatic N) is 1. The Morgan fingerprint density at radius 1 is 1.53 bits per heavy atom. The van der Waals surface area contributed by atoms with E-state index in [9.17, 15) is 4.79 Å². The smallest absolute Gasteiger partial charge is 0.240 e. The first-order chi connectivity index (χ1) is 8.95. The molecule has 0 radical (unpaired) electrons. The molecule has 0 saturated carbocycles. The number of carbonyl (C=O) groups excluding carboxylic acids is 1. The predicted octanol–water partition coefficient (Wildman–Crippen LogP) is 2.98. The second-order valence-electron chi connectivity index (χ2n) is 4.82. The Kier molecular flexibility index (Phi) is 6.06. The summed E-state index contributed by atoms with van der Waals surface area (Å²) in [5.41, 5.74) is 6.86. The van der Waals surface area contributed by atoms with E-state index in [-0.39, 0.29) is 11.9 Å². The topological polar surface area (TPSA) is 46.3 Å². The summed E-state index contributed by atoms with van der Waals surface area (Å²) in [5.74, 6) is -0.0603. The van der Waals surface area contributed by atoms with Crippen LogP contribution < -0.4 is 5.73 Å². The summed E-state index contributed by atoms with van der Waals surface area (Å²) >= 11 is 5.96. The first-order valence-corrected chi connectivity index (χ1v) is 6.75. The Hall–Kier alpha value is -1.32. The number of benzene rings is 1. The van der Waals surface area contributed by atoms with Crippen LogP contribution in [0.2, 0.25) is 5.02 Å². The van der Waals surface area contributed by atoms with E-state index in [2.05, 4.69) is 6.58 Å². The summed E-state index contributed by atoms with van der Waals surface area (Å²) in [6.07, 6.45) is 2.15. The molecule has 4 heteroatoms. The molecule has 0 heterocycles. The van der Waals surface area contributed by atoms with E-state index in [1.165, 1.54) is 0 Å². The lowest BCUT2D eigenvalue weighted by molar-refractivity contribution is -0.134. The van der Waals surface area contributed by atoms with Crippen molar-refractivity contribution in [2.75, 3.05) is 0 Å². The molecular weight excluding hydrogens is 260 g/mol. The fourth-order valence-electron chi connectivity index (χ4n) is 1.84. The van der Waals surface area contributed by atoms with Gasteiger partial charge in [0.25, 0.3) is 0 Å². The molecule has 2 N–H and O–H groups in total. The van der Waals surface area contributed by atoms with Gasteiger partial charge in [0, 0.05) is 17.6 Å². The lowest BCUT2D eigenvalue weighted by atomic mass is 10.1. The molecule has 0 spiro atoms. The van der Waals surface area contributed by atoms with E-state index in [1.54, 1.807) is 11.0 Å². The van der Waals surface area contributed by atoms with Gasteiger partial charge >= 0.3 is 0 Å². The molecule has 1 unspecified atom stereocenters. The summed E-state index contributed by atoms with van der Waals surface area (Å²) in [5, 5.41) is 0.670. The lowest BCUT2D eigenvalue weighted by Gasteiger charge is -2.29. The van der Waals surface area contributed by atoms with Crippen LogP contribution in [0, 0.1) is 0 Å². The van der Waals surface area contributed by atoms with Crippen molar-refractivity contribution >= 4 is 17.5 Å². The molecular formula is C15H21ClN2O. The fraction of sp³-hybridized carbons (Fsp3) is 0.400. The van der Waals surface area contributed by atoms with Gasteiger partial charge in [-0.3, -0.25) is 4.79 Å². The van der Waals surface area contributed by atoms with Crippen molar-refractivity contribution in [1.29, 1.82) is 0 Å². The largest absolute Gasteiger partial charge is 0.335 e. The molecule has 3 nitrogen and oxygen atoms in total. The van der Waals surface area contributed by atoms with Crippen molar-refractivity contribution in [3.05, 3.63) is 47.5 Å². The Balaban J connectivity index is 2.84. The van der Waals surface area contributed by atoms with Crippen LogP contribution in [0.15, 0.2) is 36.9 Å². The van der Waals surface area contributed by atoms with Crippen molar-refractivity contribution < 1.29 is 4.79 Å². The molecule has 0 aliphatic rings. The fourth-order valence-corrected chi connectivity index (χ4v) is 2.05. The van der Waals surface area contributed by atoms with Crippen molar-refractivity contribution in [2.24, 2.45) is 5.73 Å². The quantitative estimate of drug-likeness (QED) is 0.814. The first-order valence-electron chi connectivity index (χ1n) is 6.37. The SMILES string of the molecule is C=CCC(N)C(=O)N(Cc1cccc(Cl)c1)C(C)C. The standard InChI is InChI=1S/C15H21ClN2O/c1-4-6-14(17)15(19)18(11(2)3)10-12-7-5-8-13(16)9-12/h4-5,7-9,11,14H,1,6,10,17H2,2-3H3. The van der Waals surface area contributed by atoms with Gasteiger partial charge in [0.1, 0.15) is 0 Å². The maximum Gasteiger partial charge on any atom is 0.240 e. The van der Waals surface area contributed by atoms with Gasteiger partial charge < -0.3 is 10.6 Å². The minimum absolute atomic E-state index is 0.0603. The van der Waals surface area contributed by atoms with Crippen molar-refractivity contribution in [3.63, 3.8) is 0 Å². The predicted molar refractivity (Wildman–Crippen MR) is 79.9 cm³/mol. The monoisotopic (exact) mass is 280 g/mol. The molecule has 1 aromatic carbocycles. The summed E-state index contributed by atoms with van der Waals surface area (Å²) in [7, 11) is 0. The average molecular weight is 281 g/mol. The minimum Gasteiger partial charge on any atom is -0.335 e. The van der Waals surface area contributed by atoms with Crippen molar-refractivity contribution in [3.8, 4) is 0 Å². The van der Waals surface area contributed by atoms with E-state index in [0.29, 0.717) is 18.0 Å². The molecule has 0 fully saturated rings. The molecule has 0 bridgehead atoms. The summed E-state index contributed by atoms with van der Waals surface area (Å²) in [6, 6.07) is 7.07. The maximum absolute atomic E-state index is 12.3. The van der Waals surface area contributed by atoms with E-state index >= 15 is 0 Å². The van der Waals surface area contributed by atoms with Crippen LogP contribution >= 0.6 is 11.6 Å². The van der Waals surface area contributed by atoms with Gasteiger partial charge in [-0.05, 0) is 38.0 Å². The number of rotatable bonds is 6. The lowest BCUT2D eigenvalue weighted by Crippen LogP contribution is -2.46. The highest BCUT2D eigenvalue weighted by Gasteiger charge is 2.22. The van der Waals surface area contributed by atoms with Crippen molar-refractivity contribution in [1.82, 2.24) is 4.90 Å². The van der Waals surface area contributed by atoms with Crippen LogP contribution in [0.3, 0.4) is 0 Å². The molecule has 1 amide bonds. The van der Waals surface area contributed by atoms with Gasteiger partial charge in [-0.25, -0.2) is 0 Å². The van der Waals surface area contributed by atoms with Crippen LogP contribution in [0.1, 0.15) is 25.8 Å². The second kappa shape index (κ2) is 7.31. The Morgan fingerprint density at radius 2 is 2.21 bits per heavy atom. The highest BCUT2D eigenvalue weighted by molar-refractivity contribution is 6.30. The van der Waals surface area contributed by atoms with Gasteiger partial charge in [-0.15, -0.1) is 6.58 Å². The highest BCUT2D eigenvalue weighted by Crippen LogP contribution is 2.15. The molecule has 19 heavy (non-hydrogen) atoms. The number of hydrogen-bond acceptors (Lipinski definition) is 2. The van der Waals surface area contributed by atoms with Crippen LogP contribution in [0.4, 0.5) is 0 Å². The van der Waals surface area contributed by atoms with Gasteiger partial charge in [0.05, 0.1) is 6.04 Å². The van der Waals surface area contributed by atoms with Gasteiger partial charge in [0.15, 0.2) is 0 Å². The highest BCUT2D eigenvalue weighted by atomic mass is 35.5. The third kappa shape index (κ3) is 4.69. The zero-order chi connectivity index (χ0) is 14.4. The summed E-state index contributed by atoms with van der Waals surface area (Å²) < 4.78 is 0. The van der Waals surface area contributed by atoms with Gasteiger partial charge in [-0.2, -0.15) is 0 Å². The van der Waals surface area contributed by atoms with Crippen molar-refractivity contribution in [2.45, 2.75) is 38.9 Å². The summed E-state index contributed by atoms with van der Waals surface area (Å²) in [6.45, 7) is 8.08. The second-order valence-corrected chi connectivity index (χ2v) is 5.26. The first kappa shape index (κ1) is 15.7. The van der Waals surface area contributed by atoms with Gasteiger partial charge in [0.2, 0.25) is 5.91 Å². The zero-order valence-corrected chi connectivity index (χ0v) is 12.2. The van der Waals surface area contributed by atoms with Crippen LogP contribution in [-0.4, -0.2) is 22.9 Å². The molecule has 1 aromatic rings. The molecule has 0 aliphatic carbocycles. The Bertz CT molecular complexity index is 446. The number of hydrogen-bond donors (Lipinski definition) is 1. The molecule has 0 aliphatic heterocycles. The molecule has 1 rings (SSSR count). The number of carbonyl (C=O) groups is 1. The van der Waals surface area contributed by atoms with E-state index in [1.807, 2.05) is 38.1 Å². The Morgan fingerprint density at radius 3 is 2.74 bits per heavy atom. The minimum atomic E-state index is -0.529. The summed E-state index contributed by atoms with van der Waals surface area (Å²) in [4.78, 5) is 14.0. The molecule has 0 aromatic heterocycles. The molecule has 0 saturated heterocycles. The van der Waals surface area contributed by atoms with Crippen LogP contribution in [-0.2, 0) is 11.3 Å². The van der Waals surface area contributed by atoms with E-state index < -0.39 is 6.04 Å². The molecule has 104 valence electrons. The zero-order valence-electron chi connectivity index (χ0n) is 11.5. The third-order valence-electron chi connectivity index (χ3n) is 2.89. The molecule has 1 atom stereocenters. The van der Waals surface area contributed by atoms with E-state index in [0.717, 1.165) is 5.56 Å². The van der Waals surface area contributed by atoms with Gasteiger partial charge in [-0.1, -0.05) is 29.8 Å². The number of amides is 1. The maximum atomic E-state index is 12.3. The number of nitrogens with two attached hydrogens (primary N) is 1. The van der Waals surface area contributed by atoms with E-state index in [4.69, 9.17) is 17.3 Å².